The standard InChI is InChI=1S/C18H17BF2O2/c1-4-22-16-9-14(8-15(19)10-16)12(3)13-5-6-17(11(2)7-13)23-18(20)21/h5-10,18H,3-4H2,1-2H3. The minimum atomic E-state index is -2.84. The molecule has 0 saturated heterocycles. The molecule has 0 fully saturated rings. The fourth-order valence-corrected chi connectivity index (χ4v) is 2.28. The quantitative estimate of drug-likeness (QED) is 0.754. The number of halogens is 2. The molecule has 2 nitrogen and oxygen atoms in total. The Morgan fingerprint density at radius 2 is 1.91 bits per heavy atom. The molecule has 0 aromatic heterocycles. The third-order valence-corrected chi connectivity index (χ3v) is 3.33. The van der Waals surface area contributed by atoms with Gasteiger partial charge in [0.1, 0.15) is 19.3 Å². The Kier molecular flexibility index (Phi) is 5.43. The molecule has 5 heteroatoms. The van der Waals surface area contributed by atoms with E-state index in [0.717, 1.165) is 16.7 Å². The van der Waals surface area contributed by atoms with Crippen LogP contribution in [0.2, 0.25) is 0 Å². The molecule has 2 radical (unpaired) electrons. The second-order valence-corrected chi connectivity index (χ2v) is 5.06. The summed E-state index contributed by atoms with van der Waals surface area (Å²) >= 11 is 0. The van der Waals surface area contributed by atoms with E-state index >= 15 is 0 Å². The fourth-order valence-electron chi connectivity index (χ4n) is 2.28. The number of hydrogen-bond donors (Lipinski definition) is 0. The molecule has 0 saturated carbocycles. The number of rotatable bonds is 6. The molecule has 0 heterocycles. The highest BCUT2D eigenvalue weighted by Crippen LogP contribution is 2.28. The Bertz CT molecular complexity index is 714. The SMILES string of the molecule is [B]c1cc(OCC)cc(C(=C)c2ccc(OC(F)F)c(C)c2)c1. The molecule has 0 amide bonds. The fraction of sp³-hybridized carbons (Fsp3) is 0.222. The van der Waals surface area contributed by atoms with E-state index in [2.05, 4.69) is 11.3 Å². The van der Waals surface area contributed by atoms with Crippen LogP contribution in [0.4, 0.5) is 8.78 Å². The zero-order valence-electron chi connectivity index (χ0n) is 13.1. The van der Waals surface area contributed by atoms with Gasteiger partial charge in [-0.15, -0.1) is 0 Å². The molecule has 0 atom stereocenters. The predicted molar refractivity (Wildman–Crippen MR) is 88.9 cm³/mol. The Morgan fingerprint density at radius 1 is 1.17 bits per heavy atom. The molecule has 0 aliphatic rings. The molecule has 0 aliphatic carbocycles. The average molecular weight is 314 g/mol. The van der Waals surface area contributed by atoms with E-state index in [1.54, 1.807) is 31.2 Å². The van der Waals surface area contributed by atoms with Crippen molar-refractivity contribution < 1.29 is 18.3 Å². The van der Waals surface area contributed by atoms with Crippen molar-refractivity contribution in [1.82, 2.24) is 0 Å². The van der Waals surface area contributed by atoms with E-state index in [0.29, 0.717) is 23.4 Å². The van der Waals surface area contributed by atoms with Crippen LogP contribution in [0.5, 0.6) is 11.5 Å². The van der Waals surface area contributed by atoms with Crippen LogP contribution >= 0.6 is 0 Å². The molecule has 2 aromatic rings. The van der Waals surface area contributed by atoms with Gasteiger partial charge in [0.2, 0.25) is 0 Å². The largest absolute Gasteiger partial charge is 0.494 e. The van der Waals surface area contributed by atoms with E-state index in [-0.39, 0.29) is 5.75 Å². The number of benzene rings is 2. The highest BCUT2D eigenvalue weighted by molar-refractivity contribution is 6.32. The van der Waals surface area contributed by atoms with Crippen molar-refractivity contribution in [2.24, 2.45) is 0 Å². The van der Waals surface area contributed by atoms with Gasteiger partial charge in [0, 0.05) is 0 Å². The van der Waals surface area contributed by atoms with Crippen LogP contribution < -0.4 is 14.9 Å². The van der Waals surface area contributed by atoms with Gasteiger partial charge in [-0.05, 0) is 60.4 Å². The van der Waals surface area contributed by atoms with Gasteiger partial charge in [-0.1, -0.05) is 24.2 Å². The van der Waals surface area contributed by atoms with Gasteiger partial charge in [0.05, 0.1) is 6.61 Å². The summed E-state index contributed by atoms with van der Waals surface area (Å²) in [6.45, 7) is 5.36. The van der Waals surface area contributed by atoms with Crippen LogP contribution in [-0.4, -0.2) is 21.1 Å². The van der Waals surface area contributed by atoms with E-state index in [9.17, 15) is 8.78 Å². The maximum absolute atomic E-state index is 12.3. The van der Waals surface area contributed by atoms with Gasteiger partial charge in [0.15, 0.2) is 0 Å². The first-order valence-corrected chi connectivity index (χ1v) is 7.19. The van der Waals surface area contributed by atoms with Gasteiger partial charge in [-0.3, -0.25) is 0 Å². The smallest absolute Gasteiger partial charge is 0.387 e. The van der Waals surface area contributed by atoms with E-state index < -0.39 is 6.61 Å². The van der Waals surface area contributed by atoms with E-state index in [1.807, 2.05) is 13.0 Å². The molecule has 0 N–H and O–H groups in total. The monoisotopic (exact) mass is 314 g/mol. The first-order valence-electron chi connectivity index (χ1n) is 7.19. The number of alkyl halides is 2. The lowest BCUT2D eigenvalue weighted by molar-refractivity contribution is -0.0502. The van der Waals surface area contributed by atoms with Crippen LogP contribution in [-0.2, 0) is 0 Å². The molecule has 0 spiro atoms. The lowest BCUT2D eigenvalue weighted by atomic mass is 9.90. The zero-order chi connectivity index (χ0) is 17.0. The summed E-state index contributed by atoms with van der Waals surface area (Å²) in [5.41, 5.74) is 3.52. The van der Waals surface area contributed by atoms with Crippen molar-refractivity contribution in [2.75, 3.05) is 6.61 Å². The van der Waals surface area contributed by atoms with Crippen molar-refractivity contribution in [3.8, 4) is 11.5 Å². The Labute approximate surface area is 136 Å². The van der Waals surface area contributed by atoms with Gasteiger partial charge in [0.25, 0.3) is 0 Å². The highest BCUT2D eigenvalue weighted by atomic mass is 19.3. The first kappa shape index (κ1) is 17.1. The first-order chi connectivity index (χ1) is 10.9. The number of ether oxygens (including phenoxy) is 2. The van der Waals surface area contributed by atoms with E-state index in [1.165, 1.54) is 6.07 Å². The topological polar surface area (TPSA) is 18.5 Å². The van der Waals surface area contributed by atoms with Crippen molar-refractivity contribution in [3.63, 3.8) is 0 Å². The summed E-state index contributed by atoms with van der Waals surface area (Å²) in [4.78, 5) is 0. The molecule has 0 aliphatic heterocycles. The lowest BCUT2D eigenvalue weighted by Gasteiger charge is -2.13. The summed E-state index contributed by atoms with van der Waals surface area (Å²) in [6.07, 6.45) is 0. The van der Waals surface area contributed by atoms with Crippen LogP contribution in [0.3, 0.4) is 0 Å². The van der Waals surface area contributed by atoms with E-state index in [4.69, 9.17) is 12.6 Å². The summed E-state index contributed by atoms with van der Waals surface area (Å²) in [5, 5.41) is 0. The summed E-state index contributed by atoms with van der Waals surface area (Å²) in [6, 6.07) is 10.3. The second kappa shape index (κ2) is 7.31. The van der Waals surface area contributed by atoms with Crippen molar-refractivity contribution >= 4 is 18.9 Å². The zero-order valence-corrected chi connectivity index (χ0v) is 13.1. The average Bonchev–Trinajstić information content (AvgIpc) is 2.48. The lowest BCUT2D eigenvalue weighted by Crippen LogP contribution is -2.06. The van der Waals surface area contributed by atoms with Gasteiger partial charge < -0.3 is 9.47 Å². The number of hydrogen-bond acceptors (Lipinski definition) is 2. The summed E-state index contributed by atoms with van der Waals surface area (Å²) in [5.74, 6) is 0.817. The molecule has 118 valence electrons. The van der Waals surface area contributed by atoms with Gasteiger partial charge >= 0.3 is 6.61 Å². The van der Waals surface area contributed by atoms with Crippen LogP contribution in [0.25, 0.3) is 5.57 Å². The predicted octanol–water partition coefficient (Wildman–Crippen LogP) is 3.85. The molecule has 2 aromatic carbocycles. The molecule has 0 bridgehead atoms. The van der Waals surface area contributed by atoms with Gasteiger partial charge in [-0.2, -0.15) is 8.78 Å². The van der Waals surface area contributed by atoms with Crippen molar-refractivity contribution in [2.45, 2.75) is 20.5 Å². The van der Waals surface area contributed by atoms with Crippen molar-refractivity contribution in [3.05, 3.63) is 59.7 Å². The number of aryl methyl sites for hydroxylation is 1. The minimum absolute atomic E-state index is 0.152. The third kappa shape index (κ3) is 4.34. The Balaban J connectivity index is 2.32. The van der Waals surface area contributed by atoms with Crippen LogP contribution in [0.15, 0.2) is 43.0 Å². The normalized spacial score (nSPS) is 10.7. The van der Waals surface area contributed by atoms with Crippen LogP contribution in [0, 0.1) is 6.92 Å². The van der Waals surface area contributed by atoms with Gasteiger partial charge in [-0.25, -0.2) is 0 Å². The molecular formula is C18H17BF2O2. The maximum atomic E-state index is 12.3. The molecule has 2 rings (SSSR count). The van der Waals surface area contributed by atoms with Crippen LogP contribution in [0.1, 0.15) is 23.6 Å². The Hall–Kier alpha value is -2.30. The second-order valence-electron chi connectivity index (χ2n) is 5.06. The molecular weight excluding hydrogens is 297 g/mol. The summed E-state index contributed by atoms with van der Waals surface area (Å²) in [7, 11) is 5.89. The molecule has 23 heavy (non-hydrogen) atoms. The third-order valence-electron chi connectivity index (χ3n) is 3.33. The molecule has 0 unspecified atom stereocenters. The minimum Gasteiger partial charge on any atom is -0.494 e. The summed E-state index contributed by atoms with van der Waals surface area (Å²) < 4.78 is 34.6. The highest BCUT2D eigenvalue weighted by Gasteiger charge is 2.10. The maximum Gasteiger partial charge on any atom is 0.387 e. The van der Waals surface area contributed by atoms with Crippen molar-refractivity contribution in [1.29, 1.82) is 0 Å². The Morgan fingerprint density at radius 3 is 2.52 bits per heavy atom.